The molecule has 0 bridgehead atoms. The molecule has 0 aliphatic carbocycles. The number of aryl methyl sites for hydroxylation is 2. The van der Waals surface area contributed by atoms with Crippen molar-refractivity contribution in [3.8, 4) is 17.1 Å². The normalized spacial score (nSPS) is 11.1. The van der Waals surface area contributed by atoms with Crippen molar-refractivity contribution < 1.29 is 4.42 Å². The van der Waals surface area contributed by atoms with Gasteiger partial charge in [-0.15, -0.1) is 10.2 Å². The van der Waals surface area contributed by atoms with Crippen molar-refractivity contribution in [1.82, 2.24) is 19.7 Å². The lowest BCUT2D eigenvalue weighted by Crippen LogP contribution is -1.96. The maximum atomic E-state index is 6.19. The second-order valence-corrected chi connectivity index (χ2v) is 7.47. The molecule has 0 amide bonds. The van der Waals surface area contributed by atoms with Crippen molar-refractivity contribution in [2.45, 2.75) is 24.8 Å². The molecule has 4 aromatic rings. The average molecular weight is 397 g/mol. The Morgan fingerprint density at radius 2 is 1.93 bits per heavy atom. The molecule has 2 aromatic heterocycles. The van der Waals surface area contributed by atoms with Gasteiger partial charge in [0.05, 0.1) is 16.3 Å². The predicted molar refractivity (Wildman–Crippen MR) is 107 cm³/mol. The summed E-state index contributed by atoms with van der Waals surface area (Å²) >= 11 is 7.74. The van der Waals surface area contributed by atoms with Gasteiger partial charge in [-0.25, -0.2) is 4.98 Å². The summed E-state index contributed by atoms with van der Waals surface area (Å²) in [5.74, 6) is 1.48. The molecule has 136 valence electrons. The number of thioether (sulfide) groups is 1. The van der Waals surface area contributed by atoms with Crippen molar-refractivity contribution >= 4 is 23.4 Å². The van der Waals surface area contributed by atoms with E-state index in [1.165, 1.54) is 11.1 Å². The molecule has 0 aliphatic heterocycles. The van der Waals surface area contributed by atoms with E-state index in [2.05, 4.69) is 51.8 Å². The second kappa shape index (κ2) is 7.58. The maximum absolute atomic E-state index is 6.19. The predicted octanol–water partition coefficient (Wildman–Crippen LogP) is 5.48. The van der Waals surface area contributed by atoms with Gasteiger partial charge in [0.15, 0.2) is 5.16 Å². The minimum atomic E-state index is 0.425. The molecule has 2 aromatic carbocycles. The molecule has 0 atom stereocenters. The molecule has 7 heteroatoms. The first-order chi connectivity index (χ1) is 13.1. The number of benzene rings is 2. The van der Waals surface area contributed by atoms with Crippen LogP contribution in [0.25, 0.3) is 17.1 Å². The van der Waals surface area contributed by atoms with Crippen molar-refractivity contribution in [2.75, 3.05) is 0 Å². The summed E-state index contributed by atoms with van der Waals surface area (Å²) in [7, 11) is 0. The zero-order valence-electron chi connectivity index (χ0n) is 14.9. The largest absolute Gasteiger partial charge is 0.420 e. The average Bonchev–Trinajstić information content (AvgIpc) is 3.32. The lowest BCUT2D eigenvalue weighted by Gasteiger charge is -2.09. The maximum Gasteiger partial charge on any atom is 0.249 e. The highest BCUT2D eigenvalue weighted by atomic mass is 35.5. The van der Waals surface area contributed by atoms with E-state index in [1.807, 2.05) is 24.4 Å². The highest BCUT2D eigenvalue weighted by Gasteiger charge is 2.13. The Labute approximate surface area is 166 Å². The second-order valence-electron chi connectivity index (χ2n) is 6.12. The van der Waals surface area contributed by atoms with Gasteiger partial charge >= 0.3 is 0 Å². The fraction of sp³-hybridized carbons (Fsp3) is 0.150. The van der Waals surface area contributed by atoms with Crippen LogP contribution in [0.4, 0.5) is 0 Å². The van der Waals surface area contributed by atoms with E-state index in [9.17, 15) is 0 Å². The Bertz CT molecular complexity index is 1090. The number of aromatic nitrogens is 4. The zero-order chi connectivity index (χ0) is 18.8. The number of halogens is 1. The molecule has 0 aliphatic rings. The third kappa shape index (κ3) is 3.77. The monoisotopic (exact) mass is 396 g/mol. The van der Waals surface area contributed by atoms with Crippen LogP contribution in [0.2, 0.25) is 5.02 Å². The van der Waals surface area contributed by atoms with Gasteiger partial charge < -0.3 is 4.42 Å². The van der Waals surface area contributed by atoms with Crippen molar-refractivity contribution in [2.24, 2.45) is 0 Å². The Hall–Kier alpha value is -2.57. The van der Waals surface area contributed by atoms with Gasteiger partial charge in [0.1, 0.15) is 0 Å². The van der Waals surface area contributed by atoms with Crippen molar-refractivity contribution in [1.29, 1.82) is 0 Å². The lowest BCUT2D eigenvalue weighted by molar-refractivity contribution is 0.528. The molecular formula is C20H17ClN4OS. The quantitative estimate of drug-likeness (QED) is 0.418. The molecule has 0 N–H and O–H groups in total. The third-order valence-corrected chi connectivity index (χ3v) is 5.55. The Balaban J connectivity index is 1.51. The summed E-state index contributed by atoms with van der Waals surface area (Å²) in [4.78, 5) is 4.45. The van der Waals surface area contributed by atoms with E-state index in [4.69, 9.17) is 16.0 Å². The first kappa shape index (κ1) is 17.8. The Kier molecular flexibility index (Phi) is 5.01. The summed E-state index contributed by atoms with van der Waals surface area (Å²) in [5.41, 5.74) is 4.34. The molecule has 0 fully saturated rings. The summed E-state index contributed by atoms with van der Waals surface area (Å²) in [6, 6.07) is 13.8. The van der Waals surface area contributed by atoms with Crippen LogP contribution in [0.5, 0.6) is 0 Å². The van der Waals surface area contributed by atoms with Gasteiger partial charge in [0.25, 0.3) is 0 Å². The highest BCUT2D eigenvalue weighted by molar-refractivity contribution is 7.98. The lowest BCUT2D eigenvalue weighted by atomic mass is 10.1. The van der Waals surface area contributed by atoms with Crippen LogP contribution in [0.3, 0.4) is 0 Å². The van der Waals surface area contributed by atoms with Gasteiger partial charge in [-0.05, 0) is 49.2 Å². The minimum Gasteiger partial charge on any atom is -0.420 e. The zero-order valence-corrected chi connectivity index (χ0v) is 16.5. The molecule has 0 unspecified atom stereocenters. The number of hydrogen-bond donors (Lipinski definition) is 0. The van der Waals surface area contributed by atoms with Crippen LogP contribution >= 0.6 is 23.4 Å². The Morgan fingerprint density at radius 3 is 2.74 bits per heavy atom. The van der Waals surface area contributed by atoms with Gasteiger partial charge in [-0.1, -0.05) is 41.6 Å². The molecule has 4 rings (SSSR count). The number of nitrogens with zero attached hydrogens (tertiary/aromatic N) is 4. The smallest absolute Gasteiger partial charge is 0.249 e. The topological polar surface area (TPSA) is 56.7 Å². The molecule has 27 heavy (non-hydrogen) atoms. The summed E-state index contributed by atoms with van der Waals surface area (Å²) in [5, 5.41) is 9.70. The van der Waals surface area contributed by atoms with Crippen LogP contribution in [-0.4, -0.2) is 19.7 Å². The molecular weight excluding hydrogens is 380 g/mol. The molecule has 0 spiro atoms. The number of hydrogen-bond acceptors (Lipinski definition) is 5. The fourth-order valence-electron chi connectivity index (χ4n) is 2.65. The van der Waals surface area contributed by atoms with Crippen molar-refractivity contribution in [3.63, 3.8) is 0 Å². The third-order valence-electron chi connectivity index (χ3n) is 4.27. The van der Waals surface area contributed by atoms with Crippen LogP contribution in [0.15, 0.2) is 64.4 Å². The van der Waals surface area contributed by atoms with E-state index >= 15 is 0 Å². The first-order valence-electron chi connectivity index (χ1n) is 8.43. The molecule has 2 heterocycles. The summed E-state index contributed by atoms with van der Waals surface area (Å²) in [6.07, 6.45) is 3.75. The summed E-state index contributed by atoms with van der Waals surface area (Å²) in [6.45, 7) is 4.21. The van der Waals surface area contributed by atoms with Crippen LogP contribution < -0.4 is 0 Å². The van der Waals surface area contributed by atoms with E-state index in [0.717, 1.165) is 16.4 Å². The van der Waals surface area contributed by atoms with E-state index in [1.54, 1.807) is 24.0 Å². The van der Waals surface area contributed by atoms with E-state index in [-0.39, 0.29) is 0 Å². The SMILES string of the molecule is Cc1ccc(-n2ccnc2SCc2nnc(-c3ccccc3Cl)o2)cc1C. The fourth-order valence-corrected chi connectivity index (χ4v) is 3.68. The van der Waals surface area contributed by atoms with Gasteiger partial charge in [-0.3, -0.25) is 4.57 Å². The first-order valence-corrected chi connectivity index (χ1v) is 9.79. The highest BCUT2D eigenvalue weighted by Crippen LogP contribution is 2.29. The van der Waals surface area contributed by atoms with E-state index < -0.39 is 0 Å². The van der Waals surface area contributed by atoms with Gasteiger partial charge in [0.2, 0.25) is 11.8 Å². The van der Waals surface area contributed by atoms with E-state index in [0.29, 0.717) is 22.6 Å². The molecule has 5 nitrogen and oxygen atoms in total. The minimum absolute atomic E-state index is 0.425. The molecule has 0 saturated heterocycles. The van der Waals surface area contributed by atoms with Gasteiger partial charge in [0, 0.05) is 18.1 Å². The molecule has 0 saturated carbocycles. The van der Waals surface area contributed by atoms with Crippen molar-refractivity contribution in [3.05, 3.63) is 76.9 Å². The number of imidazole rings is 1. The Morgan fingerprint density at radius 1 is 1.07 bits per heavy atom. The summed E-state index contributed by atoms with van der Waals surface area (Å²) < 4.78 is 7.82. The van der Waals surface area contributed by atoms with Crippen LogP contribution in [0.1, 0.15) is 17.0 Å². The van der Waals surface area contributed by atoms with Crippen LogP contribution in [-0.2, 0) is 5.75 Å². The van der Waals surface area contributed by atoms with Gasteiger partial charge in [-0.2, -0.15) is 0 Å². The number of rotatable bonds is 5. The standard InChI is InChI=1S/C20H17ClN4OS/c1-13-7-8-15(11-14(13)2)25-10-9-22-20(25)27-12-18-23-24-19(26-18)16-5-3-4-6-17(16)21/h3-11H,12H2,1-2H3. The molecule has 0 radical (unpaired) electrons. The van der Waals surface area contributed by atoms with Crippen LogP contribution in [0, 0.1) is 13.8 Å².